The first kappa shape index (κ1) is 30.2. The Morgan fingerprint density at radius 1 is 1.12 bits per heavy atom. The van der Waals surface area contributed by atoms with Crippen LogP contribution >= 0.6 is 0 Å². The van der Waals surface area contributed by atoms with Crippen LogP contribution < -0.4 is 10.6 Å². The van der Waals surface area contributed by atoms with E-state index in [1.807, 2.05) is 30.3 Å². The molecule has 0 saturated carbocycles. The molecule has 41 heavy (non-hydrogen) atoms. The predicted octanol–water partition coefficient (Wildman–Crippen LogP) is 6.91. The van der Waals surface area contributed by atoms with Crippen LogP contribution in [0.4, 0.5) is 17.3 Å². The average molecular weight is 569 g/mol. The zero-order chi connectivity index (χ0) is 29.8. The number of benzene rings is 2. The van der Waals surface area contributed by atoms with E-state index in [1.54, 1.807) is 13.3 Å². The van der Waals surface area contributed by atoms with E-state index in [1.165, 1.54) is 0 Å². The van der Waals surface area contributed by atoms with Gasteiger partial charge in [0.05, 0.1) is 28.6 Å². The third kappa shape index (κ3) is 6.60. The highest BCUT2D eigenvalue weighted by atomic mass is 28.4. The molecule has 1 atom stereocenters. The maximum atomic E-state index is 10.0. The van der Waals surface area contributed by atoms with Crippen LogP contribution in [-0.2, 0) is 21.0 Å². The van der Waals surface area contributed by atoms with Gasteiger partial charge in [-0.2, -0.15) is 10.5 Å². The normalized spacial score (nSPS) is 16.4. The van der Waals surface area contributed by atoms with E-state index in [4.69, 9.17) is 14.1 Å². The minimum absolute atomic E-state index is 0.110. The lowest BCUT2D eigenvalue weighted by Gasteiger charge is -2.39. The van der Waals surface area contributed by atoms with Gasteiger partial charge in [0, 0.05) is 49.7 Å². The fraction of sp³-hybridized carbons (Fsp3) is 0.438. The van der Waals surface area contributed by atoms with Gasteiger partial charge in [-0.3, -0.25) is 0 Å². The van der Waals surface area contributed by atoms with Gasteiger partial charge in [0.1, 0.15) is 6.07 Å². The number of hydrogen-bond donors (Lipinski definition) is 2. The van der Waals surface area contributed by atoms with Crippen molar-refractivity contribution in [3.8, 4) is 23.4 Å². The first-order valence-corrected chi connectivity index (χ1v) is 16.9. The molecule has 0 bridgehead atoms. The van der Waals surface area contributed by atoms with E-state index >= 15 is 0 Å². The van der Waals surface area contributed by atoms with E-state index in [0.717, 1.165) is 40.9 Å². The van der Waals surface area contributed by atoms with Gasteiger partial charge in [0.2, 0.25) is 5.95 Å². The van der Waals surface area contributed by atoms with Crippen LogP contribution in [0.15, 0.2) is 42.6 Å². The standard InChI is InChI=1S/C32H40N6O2Si/c1-31(2,3)41(6,7)40-21-32(4)20-36-29-25(19-34)16-24(17-26(29)32)27-12-13-35-30(37-27)38-28-15-22(18-33)10-11-23(28)9-8-14-39-5/h10-13,15-17,36H,8-9,14,20-21H2,1-7H3,(H,35,37,38)/t32-/m1/s1. The van der Waals surface area contributed by atoms with Gasteiger partial charge in [-0.25, -0.2) is 9.97 Å². The SMILES string of the molecule is COCCCc1ccc(C#N)cc1Nc1nccc(-c2cc(C#N)c3c(c2)[C@@](C)(CO[Si](C)(C)C(C)(C)C)CN3)n1. The van der Waals surface area contributed by atoms with Crippen LogP contribution in [0.2, 0.25) is 18.1 Å². The smallest absolute Gasteiger partial charge is 0.227 e. The largest absolute Gasteiger partial charge is 0.416 e. The lowest BCUT2D eigenvalue weighted by molar-refractivity contribution is 0.195. The molecule has 0 radical (unpaired) electrons. The van der Waals surface area contributed by atoms with Crippen LogP contribution in [0.3, 0.4) is 0 Å². The summed E-state index contributed by atoms with van der Waals surface area (Å²) in [4.78, 5) is 9.27. The Hall–Kier alpha value is -3.76. The number of aromatic nitrogens is 2. The highest BCUT2D eigenvalue weighted by Crippen LogP contribution is 2.44. The molecule has 3 aromatic rings. The van der Waals surface area contributed by atoms with Gasteiger partial charge in [-0.05, 0) is 72.4 Å². The monoisotopic (exact) mass is 568 g/mol. The van der Waals surface area contributed by atoms with Crippen molar-refractivity contribution in [3.05, 3.63) is 64.8 Å². The zero-order valence-electron chi connectivity index (χ0n) is 25.2. The van der Waals surface area contributed by atoms with Crippen molar-refractivity contribution in [2.24, 2.45) is 0 Å². The van der Waals surface area contributed by atoms with E-state index in [-0.39, 0.29) is 10.5 Å². The summed E-state index contributed by atoms with van der Waals surface area (Å²) in [6.07, 6.45) is 3.36. The summed E-state index contributed by atoms with van der Waals surface area (Å²) >= 11 is 0. The molecule has 214 valence electrons. The number of nitriles is 2. The number of methoxy groups -OCH3 is 1. The summed E-state index contributed by atoms with van der Waals surface area (Å²) in [5, 5.41) is 26.4. The fourth-order valence-electron chi connectivity index (χ4n) is 4.70. The molecule has 4 rings (SSSR count). The molecule has 0 spiro atoms. The Labute approximate surface area is 244 Å². The number of hydrogen-bond acceptors (Lipinski definition) is 8. The van der Waals surface area contributed by atoms with Crippen molar-refractivity contribution in [2.45, 2.75) is 64.1 Å². The van der Waals surface area contributed by atoms with E-state index in [2.05, 4.69) is 74.6 Å². The molecule has 1 aromatic heterocycles. The topological polar surface area (TPSA) is 116 Å². The van der Waals surface area contributed by atoms with Crippen LogP contribution in [0, 0.1) is 22.7 Å². The number of nitrogens with one attached hydrogen (secondary N) is 2. The number of ether oxygens (including phenoxy) is 1. The second-order valence-electron chi connectivity index (χ2n) is 12.5. The lowest BCUT2D eigenvalue weighted by atomic mass is 9.83. The van der Waals surface area contributed by atoms with Gasteiger partial charge >= 0.3 is 0 Å². The second-order valence-corrected chi connectivity index (χ2v) is 17.3. The maximum Gasteiger partial charge on any atom is 0.227 e. The summed E-state index contributed by atoms with van der Waals surface area (Å²) in [7, 11) is -0.268. The lowest BCUT2D eigenvalue weighted by Crippen LogP contribution is -2.45. The molecule has 8 nitrogen and oxygen atoms in total. The van der Waals surface area contributed by atoms with Crippen molar-refractivity contribution in [2.75, 3.05) is 37.5 Å². The molecule has 2 heterocycles. The molecular weight excluding hydrogens is 528 g/mol. The summed E-state index contributed by atoms with van der Waals surface area (Å²) in [6, 6.07) is 16.0. The predicted molar refractivity (Wildman–Crippen MR) is 166 cm³/mol. The number of aryl methyl sites for hydroxylation is 1. The quantitative estimate of drug-likeness (QED) is 0.200. The summed E-state index contributed by atoms with van der Waals surface area (Å²) < 4.78 is 11.9. The van der Waals surface area contributed by atoms with Crippen molar-refractivity contribution in [1.29, 1.82) is 10.5 Å². The van der Waals surface area contributed by atoms with Gasteiger partial charge in [-0.15, -0.1) is 0 Å². The number of fused-ring (bicyclic) bond motifs is 1. The molecule has 0 fully saturated rings. The number of anilines is 3. The third-order valence-electron chi connectivity index (χ3n) is 8.35. The highest BCUT2D eigenvalue weighted by molar-refractivity contribution is 6.74. The molecule has 0 amide bonds. The molecule has 0 unspecified atom stereocenters. The molecule has 2 N–H and O–H groups in total. The number of rotatable bonds is 10. The van der Waals surface area contributed by atoms with E-state index in [0.29, 0.717) is 42.5 Å². The summed E-state index contributed by atoms with van der Waals surface area (Å²) in [6.45, 7) is 15.4. The van der Waals surface area contributed by atoms with Gasteiger partial charge in [0.15, 0.2) is 8.32 Å². The molecule has 1 aliphatic heterocycles. The van der Waals surface area contributed by atoms with Crippen LogP contribution in [-0.4, -0.2) is 45.2 Å². The van der Waals surface area contributed by atoms with Gasteiger partial charge in [0.25, 0.3) is 0 Å². The van der Waals surface area contributed by atoms with E-state index in [9.17, 15) is 10.5 Å². The second kappa shape index (κ2) is 12.0. The Balaban J connectivity index is 1.66. The van der Waals surface area contributed by atoms with Crippen LogP contribution in [0.25, 0.3) is 11.3 Å². The fourth-order valence-corrected chi connectivity index (χ4v) is 5.81. The Morgan fingerprint density at radius 2 is 1.90 bits per heavy atom. The van der Waals surface area contributed by atoms with Crippen molar-refractivity contribution < 1.29 is 9.16 Å². The van der Waals surface area contributed by atoms with Crippen molar-refractivity contribution >= 4 is 25.6 Å². The minimum atomic E-state index is -1.96. The zero-order valence-corrected chi connectivity index (χ0v) is 26.2. The summed E-state index contributed by atoms with van der Waals surface area (Å²) in [5.74, 6) is 0.423. The van der Waals surface area contributed by atoms with Crippen LogP contribution in [0.1, 0.15) is 56.4 Å². The number of nitrogens with zero attached hydrogens (tertiary/aromatic N) is 4. The highest BCUT2D eigenvalue weighted by Gasteiger charge is 2.42. The Kier molecular flexibility index (Phi) is 8.84. The van der Waals surface area contributed by atoms with Crippen LogP contribution in [0.5, 0.6) is 0 Å². The molecule has 0 aliphatic carbocycles. The maximum absolute atomic E-state index is 10.0. The molecular formula is C32H40N6O2Si. The first-order valence-electron chi connectivity index (χ1n) is 14.0. The molecule has 2 aromatic carbocycles. The van der Waals surface area contributed by atoms with Crippen molar-refractivity contribution in [3.63, 3.8) is 0 Å². The molecule has 9 heteroatoms. The van der Waals surface area contributed by atoms with Crippen molar-refractivity contribution in [1.82, 2.24) is 9.97 Å². The molecule has 0 saturated heterocycles. The Bertz CT molecular complexity index is 1500. The molecule has 1 aliphatic rings. The van der Waals surface area contributed by atoms with E-state index < -0.39 is 8.32 Å². The first-order chi connectivity index (χ1) is 19.4. The average Bonchev–Trinajstić information content (AvgIpc) is 3.28. The van der Waals surface area contributed by atoms with Gasteiger partial charge < -0.3 is 19.8 Å². The minimum Gasteiger partial charge on any atom is -0.416 e. The summed E-state index contributed by atoms with van der Waals surface area (Å²) in [5.41, 5.74) is 6.21. The van der Waals surface area contributed by atoms with Gasteiger partial charge in [-0.1, -0.05) is 33.8 Å². The Morgan fingerprint density at radius 3 is 2.59 bits per heavy atom. The third-order valence-corrected chi connectivity index (χ3v) is 12.8.